The van der Waals surface area contributed by atoms with Crippen LogP contribution in [-0.4, -0.2) is 23.9 Å². The predicted molar refractivity (Wildman–Crippen MR) is 71.9 cm³/mol. The minimum atomic E-state index is -0.516. The Hall–Kier alpha value is -0.740. The molecule has 1 rings (SSSR count). The van der Waals surface area contributed by atoms with Gasteiger partial charge in [0, 0.05) is 21.0 Å². The van der Waals surface area contributed by atoms with Crippen LogP contribution in [0, 0.1) is 13.8 Å². The van der Waals surface area contributed by atoms with E-state index in [4.69, 9.17) is 4.74 Å². The summed E-state index contributed by atoms with van der Waals surface area (Å²) in [5.41, 5.74) is 1.99. The van der Waals surface area contributed by atoms with Gasteiger partial charge in [0.15, 0.2) is 11.5 Å². The van der Waals surface area contributed by atoms with E-state index in [9.17, 15) is 10.2 Å². The summed E-state index contributed by atoms with van der Waals surface area (Å²) in [7, 11) is 1.53. The lowest BCUT2D eigenvalue weighted by Crippen LogP contribution is -2.24. The van der Waals surface area contributed by atoms with E-state index >= 15 is 0 Å². The molecular weight excluding hydrogens is 284 g/mol. The van der Waals surface area contributed by atoms with E-state index in [1.807, 2.05) is 27.7 Å². The molecule has 0 atom stereocenters. The standard InChI is InChI=1S/C13H19BrO3/c1-7-9(13(3,4)6-15)11(16)12(17-5)8(2)10(7)14/h15-16H,6H2,1-5H3. The topological polar surface area (TPSA) is 49.7 Å². The van der Waals surface area contributed by atoms with Gasteiger partial charge in [-0.05, 0) is 19.4 Å². The Bertz CT molecular complexity index is 439. The van der Waals surface area contributed by atoms with Crippen LogP contribution in [0.4, 0.5) is 0 Å². The lowest BCUT2D eigenvalue weighted by atomic mass is 9.81. The Kier molecular flexibility index (Phi) is 4.10. The van der Waals surface area contributed by atoms with Gasteiger partial charge in [-0.1, -0.05) is 29.8 Å². The highest BCUT2D eigenvalue weighted by Crippen LogP contribution is 2.45. The van der Waals surface area contributed by atoms with Gasteiger partial charge in [-0.15, -0.1) is 0 Å². The van der Waals surface area contributed by atoms with Crippen LogP contribution in [0.3, 0.4) is 0 Å². The summed E-state index contributed by atoms with van der Waals surface area (Å²) in [6.45, 7) is 7.53. The van der Waals surface area contributed by atoms with E-state index in [2.05, 4.69) is 15.9 Å². The third-order valence-electron chi connectivity index (χ3n) is 3.10. The molecular formula is C13H19BrO3. The van der Waals surface area contributed by atoms with Crippen LogP contribution in [0.25, 0.3) is 0 Å². The molecule has 0 saturated carbocycles. The normalized spacial score (nSPS) is 11.7. The van der Waals surface area contributed by atoms with E-state index < -0.39 is 5.41 Å². The zero-order chi connectivity index (χ0) is 13.4. The molecule has 0 radical (unpaired) electrons. The van der Waals surface area contributed by atoms with Gasteiger partial charge in [-0.2, -0.15) is 0 Å². The van der Waals surface area contributed by atoms with Crippen LogP contribution < -0.4 is 4.74 Å². The molecule has 0 spiro atoms. The first kappa shape index (κ1) is 14.3. The molecule has 4 heteroatoms. The Morgan fingerprint density at radius 1 is 1.24 bits per heavy atom. The SMILES string of the molecule is COc1c(C)c(Br)c(C)c(C(C)(C)CO)c1O. The van der Waals surface area contributed by atoms with Crippen molar-refractivity contribution in [1.29, 1.82) is 0 Å². The maximum Gasteiger partial charge on any atom is 0.164 e. The van der Waals surface area contributed by atoms with Gasteiger partial charge in [0.1, 0.15) is 0 Å². The summed E-state index contributed by atoms with van der Waals surface area (Å²) in [5.74, 6) is 0.573. The van der Waals surface area contributed by atoms with Gasteiger partial charge in [0.05, 0.1) is 13.7 Å². The third kappa shape index (κ3) is 2.29. The average Bonchev–Trinajstić information content (AvgIpc) is 2.27. The van der Waals surface area contributed by atoms with Crippen molar-refractivity contribution < 1.29 is 14.9 Å². The summed E-state index contributed by atoms with van der Waals surface area (Å²) in [4.78, 5) is 0. The molecule has 0 fully saturated rings. The van der Waals surface area contributed by atoms with Gasteiger partial charge in [-0.25, -0.2) is 0 Å². The minimum Gasteiger partial charge on any atom is -0.504 e. The Morgan fingerprint density at radius 3 is 2.18 bits per heavy atom. The van der Waals surface area contributed by atoms with Crippen LogP contribution in [0.1, 0.15) is 30.5 Å². The van der Waals surface area contributed by atoms with Crippen molar-refractivity contribution in [2.24, 2.45) is 0 Å². The summed E-state index contributed by atoms with van der Waals surface area (Å²) in [5, 5.41) is 19.7. The number of benzene rings is 1. The highest BCUT2D eigenvalue weighted by atomic mass is 79.9. The molecule has 0 saturated heterocycles. The summed E-state index contributed by atoms with van der Waals surface area (Å²) < 4.78 is 6.14. The lowest BCUT2D eigenvalue weighted by molar-refractivity contribution is 0.213. The van der Waals surface area contributed by atoms with Crippen molar-refractivity contribution in [3.05, 3.63) is 21.2 Å². The highest BCUT2D eigenvalue weighted by Gasteiger charge is 2.29. The quantitative estimate of drug-likeness (QED) is 0.902. The number of phenolic OH excluding ortho intramolecular Hbond substituents is 1. The van der Waals surface area contributed by atoms with Crippen molar-refractivity contribution in [3.8, 4) is 11.5 Å². The van der Waals surface area contributed by atoms with Crippen molar-refractivity contribution in [2.75, 3.05) is 13.7 Å². The zero-order valence-corrected chi connectivity index (χ0v) is 12.5. The Balaban J connectivity index is 3.67. The molecule has 1 aromatic rings. The minimum absolute atomic E-state index is 0.0416. The fourth-order valence-electron chi connectivity index (χ4n) is 2.12. The molecule has 96 valence electrons. The fourth-order valence-corrected chi connectivity index (χ4v) is 2.49. The Morgan fingerprint density at radius 2 is 1.76 bits per heavy atom. The molecule has 17 heavy (non-hydrogen) atoms. The number of phenols is 1. The van der Waals surface area contributed by atoms with E-state index in [0.29, 0.717) is 11.3 Å². The number of methoxy groups -OCH3 is 1. The number of hydrogen-bond acceptors (Lipinski definition) is 3. The van der Waals surface area contributed by atoms with Gasteiger partial charge in [0.25, 0.3) is 0 Å². The molecule has 0 amide bonds. The van der Waals surface area contributed by atoms with Crippen molar-refractivity contribution in [2.45, 2.75) is 33.1 Å². The van der Waals surface area contributed by atoms with Crippen LogP contribution in [0.5, 0.6) is 11.5 Å². The molecule has 0 aliphatic heterocycles. The molecule has 3 nitrogen and oxygen atoms in total. The number of aromatic hydroxyl groups is 1. The molecule has 0 unspecified atom stereocenters. The molecule has 0 aromatic heterocycles. The van der Waals surface area contributed by atoms with Gasteiger partial charge >= 0.3 is 0 Å². The number of halogens is 1. The first-order chi connectivity index (χ1) is 7.77. The van der Waals surface area contributed by atoms with Crippen molar-refractivity contribution in [3.63, 3.8) is 0 Å². The summed E-state index contributed by atoms with van der Waals surface area (Å²) in [6, 6.07) is 0. The molecule has 2 N–H and O–H groups in total. The number of hydrogen-bond donors (Lipinski definition) is 2. The molecule has 0 heterocycles. The molecule has 0 aliphatic rings. The van der Waals surface area contributed by atoms with E-state index in [1.165, 1.54) is 7.11 Å². The van der Waals surface area contributed by atoms with Crippen LogP contribution in [-0.2, 0) is 5.41 Å². The van der Waals surface area contributed by atoms with Crippen LogP contribution in [0.15, 0.2) is 4.47 Å². The van der Waals surface area contributed by atoms with Crippen molar-refractivity contribution in [1.82, 2.24) is 0 Å². The summed E-state index contributed by atoms with van der Waals surface area (Å²) in [6.07, 6.45) is 0. The number of aliphatic hydroxyl groups excluding tert-OH is 1. The van der Waals surface area contributed by atoms with E-state index in [1.54, 1.807) is 0 Å². The highest BCUT2D eigenvalue weighted by molar-refractivity contribution is 9.10. The van der Waals surface area contributed by atoms with Gasteiger partial charge in [0.2, 0.25) is 0 Å². The second-order valence-corrected chi connectivity index (χ2v) is 5.66. The molecule has 0 bridgehead atoms. The number of aliphatic hydroxyl groups is 1. The van der Waals surface area contributed by atoms with Crippen molar-refractivity contribution >= 4 is 15.9 Å². The first-order valence-corrected chi connectivity index (χ1v) is 6.24. The monoisotopic (exact) mass is 302 g/mol. The number of rotatable bonds is 3. The largest absolute Gasteiger partial charge is 0.504 e. The smallest absolute Gasteiger partial charge is 0.164 e. The maximum absolute atomic E-state index is 10.3. The molecule has 0 aliphatic carbocycles. The number of ether oxygens (including phenoxy) is 1. The van der Waals surface area contributed by atoms with Crippen LogP contribution >= 0.6 is 15.9 Å². The maximum atomic E-state index is 10.3. The average molecular weight is 303 g/mol. The van der Waals surface area contributed by atoms with E-state index in [0.717, 1.165) is 15.6 Å². The fraction of sp³-hybridized carbons (Fsp3) is 0.538. The predicted octanol–water partition coefficient (Wildman–Crippen LogP) is 3.05. The first-order valence-electron chi connectivity index (χ1n) is 5.44. The zero-order valence-electron chi connectivity index (χ0n) is 10.9. The molecule has 1 aromatic carbocycles. The lowest BCUT2D eigenvalue weighted by Gasteiger charge is -2.28. The second kappa shape index (κ2) is 4.86. The third-order valence-corrected chi connectivity index (χ3v) is 4.29. The van der Waals surface area contributed by atoms with Gasteiger partial charge in [-0.3, -0.25) is 0 Å². The van der Waals surface area contributed by atoms with Crippen LogP contribution in [0.2, 0.25) is 0 Å². The Labute approximate surface area is 111 Å². The second-order valence-electron chi connectivity index (χ2n) is 4.86. The van der Waals surface area contributed by atoms with Gasteiger partial charge < -0.3 is 14.9 Å². The summed E-state index contributed by atoms with van der Waals surface area (Å²) >= 11 is 3.50. The van der Waals surface area contributed by atoms with E-state index in [-0.39, 0.29) is 12.4 Å².